The van der Waals surface area contributed by atoms with E-state index in [0.29, 0.717) is 6.54 Å². The van der Waals surface area contributed by atoms with Crippen LogP contribution in [-0.4, -0.2) is 49.1 Å². The average molecular weight is 228 g/mol. The molecule has 6 nitrogen and oxygen atoms in total. The summed E-state index contributed by atoms with van der Waals surface area (Å²) in [6.45, 7) is 1.48. The number of halogens is 1. The van der Waals surface area contributed by atoms with E-state index >= 15 is 0 Å². The van der Waals surface area contributed by atoms with Gasteiger partial charge in [0.2, 0.25) is 5.95 Å². The Morgan fingerprint density at radius 1 is 1.38 bits per heavy atom. The topological polar surface area (TPSA) is 70.3 Å². The molecular formula is C9H17FN6. The lowest BCUT2D eigenvalue weighted by Gasteiger charge is -2.21. The molecule has 0 fully saturated rings. The third kappa shape index (κ3) is 3.28. The molecule has 0 atom stereocenters. The Balaban J connectivity index is 2.76. The maximum Gasteiger partial charge on any atom is 0.239 e. The summed E-state index contributed by atoms with van der Waals surface area (Å²) in [5.74, 6) is 5.15. The largest absolute Gasteiger partial charge is 0.356 e. The summed E-state index contributed by atoms with van der Waals surface area (Å²) in [5, 5.41) is 0. The number of rotatable bonds is 5. The standard InChI is InChI=1S/C9H17FN6/c1-15(2)4-5-16(3)8-7(10)6-12-9(13-8)14-11/h6H,4-5,11H2,1-3H3,(H,12,13,14). The van der Waals surface area contributed by atoms with Crippen molar-refractivity contribution in [3.63, 3.8) is 0 Å². The molecule has 0 bridgehead atoms. The maximum atomic E-state index is 13.4. The number of hydrazine groups is 1. The Bertz CT molecular complexity index is 343. The molecule has 0 saturated carbocycles. The second-order valence-electron chi connectivity index (χ2n) is 3.73. The van der Waals surface area contributed by atoms with Gasteiger partial charge < -0.3 is 9.80 Å². The predicted octanol–water partition coefficient (Wildman–Crippen LogP) is -0.101. The molecule has 16 heavy (non-hydrogen) atoms. The molecule has 7 heteroatoms. The van der Waals surface area contributed by atoms with Crippen molar-refractivity contribution in [1.82, 2.24) is 14.9 Å². The van der Waals surface area contributed by atoms with Gasteiger partial charge in [-0.25, -0.2) is 15.2 Å². The zero-order valence-corrected chi connectivity index (χ0v) is 9.74. The molecule has 0 unspecified atom stereocenters. The normalized spacial score (nSPS) is 10.6. The minimum absolute atomic E-state index is 0.202. The van der Waals surface area contributed by atoms with Crippen molar-refractivity contribution in [3.05, 3.63) is 12.0 Å². The zero-order chi connectivity index (χ0) is 12.1. The number of nitrogens with one attached hydrogen (secondary N) is 1. The van der Waals surface area contributed by atoms with E-state index in [0.717, 1.165) is 12.7 Å². The number of anilines is 2. The second kappa shape index (κ2) is 5.57. The van der Waals surface area contributed by atoms with Crippen LogP contribution in [0.1, 0.15) is 0 Å². The van der Waals surface area contributed by atoms with Gasteiger partial charge in [0.05, 0.1) is 6.20 Å². The molecule has 0 amide bonds. The van der Waals surface area contributed by atoms with Crippen LogP contribution in [0.15, 0.2) is 6.20 Å². The summed E-state index contributed by atoms with van der Waals surface area (Å²) in [6, 6.07) is 0. The molecule has 1 aromatic rings. The minimum atomic E-state index is -0.458. The summed E-state index contributed by atoms with van der Waals surface area (Å²) < 4.78 is 13.4. The van der Waals surface area contributed by atoms with Gasteiger partial charge in [0, 0.05) is 20.1 Å². The molecule has 0 aliphatic carbocycles. The van der Waals surface area contributed by atoms with Gasteiger partial charge in [-0.15, -0.1) is 0 Å². The van der Waals surface area contributed by atoms with Gasteiger partial charge in [-0.2, -0.15) is 4.98 Å². The number of hydrogen-bond acceptors (Lipinski definition) is 6. The summed E-state index contributed by atoms with van der Waals surface area (Å²) in [5.41, 5.74) is 2.29. The van der Waals surface area contributed by atoms with Crippen molar-refractivity contribution in [2.75, 3.05) is 44.6 Å². The lowest BCUT2D eigenvalue weighted by atomic mass is 10.4. The highest BCUT2D eigenvalue weighted by Gasteiger charge is 2.11. The first-order valence-corrected chi connectivity index (χ1v) is 4.89. The first kappa shape index (κ1) is 12.6. The first-order valence-electron chi connectivity index (χ1n) is 4.89. The molecule has 90 valence electrons. The van der Waals surface area contributed by atoms with Crippen molar-refractivity contribution in [3.8, 4) is 0 Å². The number of aromatic nitrogens is 2. The molecule has 0 radical (unpaired) electrons. The Morgan fingerprint density at radius 3 is 2.62 bits per heavy atom. The molecule has 0 aliphatic heterocycles. The fourth-order valence-electron chi connectivity index (χ4n) is 1.15. The van der Waals surface area contributed by atoms with E-state index in [1.807, 2.05) is 19.0 Å². The Hall–Kier alpha value is -1.47. The maximum absolute atomic E-state index is 13.4. The van der Waals surface area contributed by atoms with Crippen LogP contribution >= 0.6 is 0 Å². The minimum Gasteiger partial charge on any atom is -0.356 e. The number of nitrogen functional groups attached to an aromatic ring is 1. The summed E-state index contributed by atoms with van der Waals surface area (Å²) in [6.07, 6.45) is 1.10. The van der Waals surface area contributed by atoms with E-state index in [9.17, 15) is 4.39 Å². The van der Waals surface area contributed by atoms with Crippen LogP contribution in [0, 0.1) is 5.82 Å². The van der Waals surface area contributed by atoms with E-state index < -0.39 is 5.82 Å². The van der Waals surface area contributed by atoms with Gasteiger partial charge in [-0.05, 0) is 14.1 Å². The summed E-state index contributed by atoms with van der Waals surface area (Å²) in [7, 11) is 5.68. The SMILES string of the molecule is CN(C)CCN(C)c1nc(NN)ncc1F. The lowest BCUT2D eigenvalue weighted by Crippen LogP contribution is -2.30. The fourth-order valence-corrected chi connectivity index (χ4v) is 1.15. The molecule has 1 heterocycles. The van der Waals surface area contributed by atoms with Crippen LogP contribution < -0.4 is 16.2 Å². The summed E-state index contributed by atoms with van der Waals surface area (Å²) in [4.78, 5) is 11.4. The molecular weight excluding hydrogens is 211 g/mol. The fraction of sp³-hybridized carbons (Fsp3) is 0.556. The van der Waals surface area contributed by atoms with Crippen molar-refractivity contribution in [2.24, 2.45) is 5.84 Å². The molecule has 0 aromatic carbocycles. The smallest absolute Gasteiger partial charge is 0.239 e. The third-order valence-electron chi connectivity index (χ3n) is 2.10. The number of hydrogen-bond donors (Lipinski definition) is 2. The lowest BCUT2D eigenvalue weighted by molar-refractivity contribution is 0.415. The second-order valence-corrected chi connectivity index (χ2v) is 3.73. The van der Waals surface area contributed by atoms with Crippen molar-refractivity contribution in [2.45, 2.75) is 0 Å². The van der Waals surface area contributed by atoms with Gasteiger partial charge in [-0.1, -0.05) is 0 Å². The predicted molar refractivity (Wildman–Crippen MR) is 61.6 cm³/mol. The van der Waals surface area contributed by atoms with Gasteiger partial charge in [0.15, 0.2) is 11.6 Å². The molecule has 0 saturated heterocycles. The van der Waals surface area contributed by atoms with Gasteiger partial charge in [0.1, 0.15) is 0 Å². The quantitative estimate of drug-likeness (QED) is 0.541. The Kier molecular flexibility index (Phi) is 4.39. The molecule has 0 spiro atoms. The van der Waals surface area contributed by atoms with Crippen LogP contribution in [0.2, 0.25) is 0 Å². The van der Waals surface area contributed by atoms with E-state index in [1.54, 1.807) is 11.9 Å². The number of nitrogens with two attached hydrogens (primary N) is 1. The van der Waals surface area contributed by atoms with E-state index in [4.69, 9.17) is 5.84 Å². The third-order valence-corrected chi connectivity index (χ3v) is 2.10. The zero-order valence-electron chi connectivity index (χ0n) is 9.74. The molecule has 1 aromatic heterocycles. The van der Waals surface area contributed by atoms with Crippen LogP contribution in [0.4, 0.5) is 16.2 Å². The monoisotopic (exact) mass is 228 g/mol. The van der Waals surface area contributed by atoms with E-state index in [2.05, 4.69) is 15.4 Å². The molecule has 3 N–H and O–H groups in total. The average Bonchev–Trinajstić information content (AvgIpc) is 2.26. The highest BCUT2D eigenvalue weighted by molar-refractivity contribution is 5.42. The van der Waals surface area contributed by atoms with Crippen molar-refractivity contribution in [1.29, 1.82) is 0 Å². The highest BCUT2D eigenvalue weighted by Crippen LogP contribution is 2.14. The molecule has 1 rings (SSSR count). The molecule has 0 aliphatic rings. The van der Waals surface area contributed by atoms with Crippen LogP contribution in [0.25, 0.3) is 0 Å². The van der Waals surface area contributed by atoms with E-state index in [-0.39, 0.29) is 11.8 Å². The van der Waals surface area contributed by atoms with E-state index in [1.165, 1.54) is 0 Å². The van der Waals surface area contributed by atoms with Gasteiger partial charge in [0.25, 0.3) is 0 Å². The number of likely N-dealkylation sites (N-methyl/N-ethyl adjacent to an activating group) is 2. The van der Waals surface area contributed by atoms with Gasteiger partial charge in [-0.3, -0.25) is 5.43 Å². The Morgan fingerprint density at radius 2 is 2.06 bits per heavy atom. The van der Waals surface area contributed by atoms with Crippen LogP contribution in [0.5, 0.6) is 0 Å². The van der Waals surface area contributed by atoms with Crippen molar-refractivity contribution < 1.29 is 4.39 Å². The van der Waals surface area contributed by atoms with Crippen LogP contribution in [0.3, 0.4) is 0 Å². The summed E-state index contributed by atoms with van der Waals surface area (Å²) >= 11 is 0. The Labute approximate surface area is 94.2 Å². The first-order chi connectivity index (χ1) is 7.54. The van der Waals surface area contributed by atoms with Gasteiger partial charge >= 0.3 is 0 Å². The van der Waals surface area contributed by atoms with Crippen molar-refractivity contribution >= 4 is 11.8 Å². The number of nitrogens with zero attached hydrogens (tertiary/aromatic N) is 4. The van der Waals surface area contributed by atoms with Crippen LogP contribution in [-0.2, 0) is 0 Å². The highest BCUT2D eigenvalue weighted by atomic mass is 19.1.